The Hall–Kier alpha value is -2.04. The molecule has 1 fully saturated rings. The minimum Gasteiger partial charge on any atom is -0.444 e. The summed E-state index contributed by atoms with van der Waals surface area (Å²) in [5, 5.41) is 5.86. The zero-order valence-electron chi connectivity index (χ0n) is 15.6. The van der Waals surface area contributed by atoms with Gasteiger partial charge in [0.1, 0.15) is 5.60 Å². The van der Waals surface area contributed by atoms with Crippen molar-refractivity contribution < 1.29 is 14.3 Å². The van der Waals surface area contributed by atoms with Gasteiger partial charge in [0.05, 0.1) is 0 Å². The molecule has 0 atom stereocenters. The third-order valence-corrected chi connectivity index (χ3v) is 4.24. The zero-order chi connectivity index (χ0) is 18.3. The topological polar surface area (TPSA) is 67.4 Å². The summed E-state index contributed by atoms with van der Waals surface area (Å²) < 4.78 is 5.20. The number of amides is 2. The summed E-state index contributed by atoms with van der Waals surface area (Å²) in [6.45, 7) is 5.86. The van der Waals surface area contributed by atoms with Crippen LogP contribution in [0.4, 0.5) is 4.79 Å². The Morgan fingerprint density at radius 3 is 2.20 bits per heavy atom. The van der Waals surface area contributed by atoms with Gasteiger partial charge >= 0.3 is 6.09 Å². The van der Waals surface area contributed by atoms with E-state index in [1.54, 1.807) is 12.1 Å². The van der Waals surface area contributed by atoms with E-state index in [1.165, 1.54) is 25.7 Å². The first kappa shape index (κ1) is 19.3. The quantitative estimate of drug-likeness (QED) is 0.804. The molecule has 0 spiro atoms. The average molecular weight is 346 g/mol. The van der Waals surface area contributed by atoms with Crippen molar-refractivity contribution in [1.82, 2.24) is 10.6 Å². The first-order valence-electron chi connectivity index (χ1n) is 9.20. The van der Waals surface area contributed by atoms with E-state index in [0.29, 0.717) is 18.2 Å². The third kappa shape index (κ3) is 7.16. The van der Waals surface area contributed by atoms with E-state index in [4.69, 9.17) is 4.74 Å². The zero-order valence-corrected chi connectivity index (χ0v) is 15.6. The highest BCUT2D eigenvalue weighted by molar-refractivity contribution is 5.94. The van der Waals surface area contributed by atoms with E-state index in [-0.39, 0.29) is 5.91 Å². The van der Waals surface area contributed by atoms with Gasteiger partial charge in [-0.2, -0.15) is 0 Å². The van der Waals surface area contributed by atoms with E-state index in [2.05, 4.69) is 10.6 Å². The SMILES string of the molecule is CC(C)(C)OC(=O)NCc1ccc(C(=O)NC2CCCCCC2)cc1. The van der Waals surface area contributed by atoms with Crippen LogP contribution in [0, 0.1) is 0 Å². The lowest BCUT2D eigenvalue weighted by Gasteiger charge is -2.19. The van der Waals surface area contributed by atoms with Crippen LogP contribution in [0.3, 0.4) is 0 Å². The highest BCUT2D eigenvalue weighted by Crippen LogP contribution is 2.17. The van der Waals surface area contributed by atoms with Crippen molar-refractivity contribution in [1.29, 1.82) is 0 Å². The molecule has 2 rings (SSSR count). The van der Waals surface area contributed by atoms with Crippen molar-refractivity contribution in [3.05, 3.63) is 35.4 Å². The molecule has 0 aromatic heterocycles. The number of rotatable bonds is 4. The Kier molecular flexibility index (Phi) is 6.85. The molecule has 0 radical (unpaired) electrons. The van der Waals surface area contributed by atoms with Crippen LogP contribution in [0.25, 0.3) is 0 Å². The van der Waals surface area contributed by atoms with Crippen molar-refractivity contribution in [2.24, 2.45) is 0 Å². The second kappa shape index (κ2) is 8.88. The number of hydrogen-bond acceptors (Lipinski definition) is 3. The molecule has 0 bridgehead atoms. The van der Waals surface area contributed by atoms with Crippen molar-refractivity contribution in [2.45, 2.75) is 77.5 Å². The fraction of sp³-hybridized carbons (Fsp3) is 0.600. The molecular weight excluding hydrogens is 316 g/mol. The molecule has 5 heteroatoms. The first-order valence-corrected chi connectivity index (χ1v) is 9.20. The van der Waals surface area contributed by atoms with Gasteiger partial charge < -0.3 is 15.4 Å². The maximum absolute atomic E-state index is 12.4. The van der Waals surface area contributed by atoms with Gasteiger partial charge in [-0.1, -0.05) is 37.8 Å². The van der Waals surface area contributed by atoms with Crippen molar-refractivity contribution in [3.8, 4) is 0 Å². The number of carbonyl (C=O) groups excluding carboxylic acids is 2. The lowest BCUT2D eigenvalue weighted by molar-refractivity contribution is 0.0523. The van der Waals surface area contributed by atoms with Gasteiger partial charge in [-0.05, 0) is 51.3 Å². The number of ether oxygens (including phenoxy) is 1. The highest BCUT2D eigenvalue weighted by Gasteiger charge is 2.17. The van der Waals surface area contributed by atoms with Crippen LogP contribution in [0.15, 0.2) is 24.3 Å². The molecule has 0 unspecified atom stereocenters. The minimum atomic E-state index is -0.510. The lowest BCUT2D eigenvalue weighted by atomic mass is 10.1. The van der Waals surface area contributed by atoms with Crippen LogP contribution < -0.4 is 10.6 Å². The van der Waals surface area contributed by atoms with Crippen LogP contribution in [0.2, 0.25) is 0 Å². The Labute approximate surface area is 150 Å². The molecule has 138 valence electrons. The monoisotopic (exact) mass is 346 g/mol. The molecule has 5 nitrogen and oxygen atoms in total. The Morgan fingerprint density at radius 1 is 1.04 bits per heavy atom. The van der Waals surface area contributed by atoms with Gasteiger partial charge in [0.2, 0.25) is 0 Å². The summed E-state index contributed by atoms with van der Waals surface area (Å²) in [6.07, 6.45) is 6.63. The molecule has 0 heterocycles. The summed E-state index contributed by atoms with van der Waals surface area (Å²) in [6, 6.07) is 7.62. The largest absolute Gasteiger partial charge is 0.444 e. The van der Waals surface area contributed by atoms with Crippen molar-refractivity contribution in [2.75, 3.05) is 0 Å². The minimum absolute atomic E-state index is 0.0152. The third-order valence-electron chi connectivity index (χ3n) is 4.24. The molecule has 1 aliphatic carbocycles. The van der Waals surface area contributed by atoms with Crippen LogP contribution in [-0.4, -0.2) is 23.6 Å². The van der Waals surface area contributed by atoms with Gasteiger partial charge in [0.25, 0.3) is 5.91 Å². The molecule has 1 aromatic rings. The van der Waals surface area contributed by atoms with E-state index in [0.717, 1.165) is 18.4 Å². The van der Waals surface area contributed by atoms with Gasteiger partial charge in [0, 0.05) is 18.2 Å². The maximum Gasteiger partial charge on any atom is 0.407 e. The first-order chi connectivity index (χ1) is 11.8. The lowest BCUT2D eigenvalue weighted by Crippen LogP contribution is -2.34. The number of carbonyl (C=O) groups is 2. The molecule has 0 aliphatic heterocycles. The van der Waals surface area contributed by atoms with E-state index < -0.39 is 11.7 Å². The number of hydrogen-bond donors (Lipinski definition) is 2. The number of benzene rings is 1. The predicted molar refractivity (Wildman–Crippen MR) is 98.5 cm³/mol. The molecule has 1 saturated carbocycles. The van der Waals surface area contributed by atoms with Crippen molar-refractivity contribution >= 4 is 12.0 Å². The summed E-state index contributed by atoms with van der Waals surface area (Å²) in [5.74, 6) is -0.0152. The van der Waals surface area contributed by atoms with Crippen LogP contribution in [0.5, 0.6) is 0 Å². The second-order valence-electron chi connectivity index (χ2n) is 7.71. The second-order valence-corrected chi connectivity index (χ2v) is 7.71. The van der Waals surface area contributed by atoms with Crippen molar-refractivity contribution in [3.63, 3.8) is 0 Å². The summed E-state index contributed by atoms with van der Waals surface area (Å²) in [7, 11) is 0. The fourth-order valence-electron chi connectivity index (χ4n) is 2.95. The smallest absolute Gasteiger partial charge is 0.407 e. The molecule has 0 saturated heterocycles. The fourth-order valence-corrected chi connectivity index (χ4v) is 2.95. The van der Waals surface area contributed by atoms with E-state index in [1.807, 2.05) is 32.9 Å². The summed E-state index contributed by atoms with van der Waals surface area (Å²) >= 11 is 0. The molecule has 1 aliphatic rings. The standard InChI is InChI=1S/C20H30N2O3/c1-20(2,3)25-19(24)21-14-15-10-12-16(13-11-15)18(23)22-17-8-6-4-5-7-9-17/h10-13,17H,4-9,14H2,1-3H3,(H,21,24)(H,22,23). The molecule has 2 amide bonds. The number of nitrogens with one attached hydrogen (secondary N) is 2. The molecular formula is C20H30N2O3. The van der Waals surface area contributed by atoms with Gasteiger partial charge in [-0.25, -0.2) is 4.79 Å². The van der Waals surface area contributed by atoms with Gasteiger partial charge in [0.15, 0.2) is 0 Å². The Bertz CT molecular complexity index is 568. The van der Waals surface area contributed by atoms with Crippen LogP contribution in [0.1, 0.15) is 75.2 Å². The Balaban J connectivity index is 1.82. The van der Waals surface area contributed by atoms with E-state index in [9.17, 15) is 9.59 Å². The van der Waals surface area contributed by atoms with Gasteiger partial charge in [-0.15, -0.1) is 0 Å². The molecule has 1 aromatic carbocycles. The maximum atomic E-state index is 12.4. The normalized spacial score (nSPS) is 16.0. The Morgan fingerprint density at radius 2 is 1.64 bits per heavy atom. The van der Waals surface area contributed by atoms with E-state index >= 15 is 0 Å². The van der Waals surface area contributed by atoms with Gasteiger partial charge in [-0.3, -0.25) is 4.79 Å². The summed E-state index contributed by atoms with van der Waals surface area (Å²) in [4.78, 5) is 24.0. The predicted octanol–water partition coefficient (Wildman–Crippen LogP) is 4.16. The van der Waals surface area contributed by atoms with Crippen LogP contribution in [-0.2, 0) is 11.3 Å². The molecule has 25 heavy (non-hydrogen) atoms. The average Bonchev–Trinajstić information content (AvgIpc) is 2.80. The highest BCUT2D eigenvalue weighted by atomic mass is 16.6. The van der Waals surface area contributed by atoms with Crippen LogP contribution >= 0.6 is 0 Å². The molecule has 2 N–H and O–H groups in total. The summed E-state index contributed by atoms with van der Waals surface area (Å²) in [5.41, 5.74) is 1.08. The number of alkyl carbamates (subject to hydrolysis) is 1.